The van der Waals surface area contributed by atoms with Crippen molar-refractivity contribution in [3.05, 3.63) is 34.3 Å². The molecule has 1 aromatic carbocycles. The standard InChI is InChI=1S/C11H14BrNS/c12-10-5-2-1-4-9(10)11-8-14-7-3-6-13-11/h1-2,4-5,11,13H,3,6-8H2. The zero-order chi connectivity index (χ0) is 9.80. The van der Waals surface area contributed by atoms with Crippen LogP contribution in [0.5, 0.6) is 0 Å². The summed E-state index contributed by atoms with van der Waals surface area (Å²) < 4.78 is 1.22. The fraction of sp³-hybridized carbons (Fsp3) is 0.455. The van der Waals surface area contributed by atoms with Crippen LogP contribution >= 0.6 is 27.7 Å². The monoisotopic (exact) mass is 271 g/mol. The average molecular weight is 272 g/mol. The van der Waals surface area contributed by atoms with Crippen molar-refractivity contribution in [2.45, 2.75) is 12.5 Å². The normalized spacial score (nSPS) is 23.1. The van der Waals surface area contributed by atoms with Gasteiger partial charge in [0.25, 0.3) is 0 Å². The number of benzene rings is 1. The highest BCUT2D eigenvalue weighted by atomic mass is 79.9. The summed E-state index contributed by atoms with van der Waals surface area (Å²) in [6, 6.07) is 9.01. The van der Waals surface area contributed by atoms with E-state index < -0.39 is 0 Å². The van der Waals surface area contributed by atoms with Gasteiger partial charge in [-0.3, -0.25) is 0 Å². The van der Waals surface area contributed by atoms with Crippen LogP contribution in [0, 0.1) is 0 Å². The van der Waals surface area contributed by atoms with Crippen molar-refractivity contribution in [2.24, 2.45) is 0 Å². The summed E-state index contributed by atoms with van der Waals surface area (Å²) in [6.07, 6.45) is 1.28. The molecule has 0 amide bonds. The van der Waals surface area contributed by atoms with Crippen molar-refractivity contribution in [3.8, 4) is 0 Å². The van der Waals surface area contributed by atoms with Crippen LogP contribution in [0.15, 0.2) is 28.7 Å². The highest BCUT2D eigenvalue weighted by Crippen LogP contribution is 2.27. The van der Waals surface area contributed by atoms with E-state index in [2.05, 4.69) is 45.5 Å². The van der Waals surface area contributed by atoms with Crippen LogP contribution in [-0.4, -0.2) is 18.1 Å². The van der Waals surface area contributed by atoms with Crippen molar-refractivity contribution in [1.82, 2.24) is 5.32 Å². The summed E-state index contributed by atoms with van der Waals surface area (Å²) >= 11 is 5.65. The van der Waals surface area contributed by atoms with Gasteiger partial charge in [0.1, 0.15) is 0 Å². The molecule has 0 radical (unpaired) electrons. The van der Waals surface area contributed by atoms with E-state index in [0.717, 1.165) is 6.54 Å². The van der Waals surface area contributed by atoms with Crippen LogP contribution in [0.2, 0.25) is 0 Å². The van der Waals surface area contributed by atoms with E-state index in [1.807, 2.05) is 11.8 Å². The van der Waals surface area contributed by atoms with Gasteiger partial charge in [-0.25, -0.2) is 0 Å². The molecule has 0 bridgehead atoms. The number of nitrogens with one attached hydrogen (secondary N) is 1. The summed E-state index contributed by atoms with van der Waals surface area (Å²) in [6.45, 7) is 1.14. The van der Waals surface area contributed by atoms with Gasteiger partial charge in [-0.15, -0.1) is 0 Å². The van der Waals surface area contributed by atoms with Crippen LogP contribution < -0.4 is 5.32 Å². The Kier molecular flexibility index (Phi) is 3.90. The molecule has 1 fully saturated rings. The molecule has 0 aliphatic carbocycles. The number of hydrogen-bond acceptors (Lipinski definition) is 2. The molecular formula is C11H14BrNS. The maximum Gasteiger partial charge on any atom is 0.0423 e. The zero-order valence-corrected chi connectivity index (χ0v) is 10.4. The topological polar surface area (TPSA) is 12.0 Å². The molecule has 1 N–H and O–H groups in total. The van der Waals surface area contributed by atoms with Gasteiger partial charge in [0.2, 0.25) is 0 Å². The fourth-order valence-electron chi connectivity index (χ4n) is 1.67. The third kappa shape index (κ3) is 2.53. The fourth-order valence-corrected chi connectivity index (χ4v) is 3.28. The molecule has 0 spiro atoms. The van der Waals surface area contributed by atoms with Gasteiger partial charge in [0.15, 0.2) is 0 Å². The van der Waals surface area contributed by atoms with E-state index in [9.17, 15) is 0 Å². The van der Waals surface area contributed by atoms with Crippen molar-refractivity contribution >= 4 is 27.7 Å². The van der Waals surface area contributed by atoms with Crippen LogP contribution in [0.3, 0.4) is 0 Å². The van der Waals surface area contributed by atoms with E-state index in [-0.39, 0.29) is 0 Å². The second-order valence-electron chi connectivity index (χ2n) is 3.46. The molecule has 1 nitrogen and oxygen atoms in total. The predicted molar refractivity (Wildman–Crippen MR) is 66.8 cm³/mol. The minimum atomic E-state index is 0.512. The predicted octanol–water partition coefficient (Wildman–Crippen LogP) is 3.22. The molecule has 3 heteroatoms. The van der Waals surface area contributed by atoms with Gasteiger partial charge in [-0.2, -0.15) is 11.8 Å². The Bertz CT molecular complexity index is 295. The highest BCUT2D eigenvalue weighted by Gasteiger charge is 2.15. The molecule has 1 aliphatic heterocycles. The van der Waals surface area contributed by atoms with Crippen molar-refractivity contribution in [2.75, 3.05) is 18.1 Å². The Hall–Kier alpha value is 0.01000. The summed E-state index contributed by atoms with van der Waals surface area (Å²) in [5.74, 6) is 2.47. The van der Waals surface area contributed by atoms with Gasteiger partial charge in [0, 0.05) is 16.3 Å². The first-order valence-electron chi connectivity index (χ1n) is 4.93. The van der Waals surface area contributed by atoms with Gasteiger partial charge < -0.3 is 5.32 Å². The first kappa shape index (κ1) is 10.5. The lowest BCUT2D eigenvalue weighted by molar-refractivity contribution is 0.588. The second kappa shape index (κ2) is 5.19. The molecule has 76 valence electrons. The van der Waals surface area contributed by atoms with Crippen molar-refractivity contribution in [3.63, 3.8) is 0 Å². The third-order valence-electron chi connectivity index (χ3n) is 2.42. The largest absolute Gasteiger partial charge is 0.309 e. The molecule has 1 aromatic rings. The van der Waals surface area contributed by atoms with Crippen LogP contribution in [0.1, 0.15) is 18.0 Å². The minimum absolute atomic E-state index is 0.512. The molecule has 1 heterocycles. The lowest BCUT2D eigenvalue weighted by atomic mass is 10.1. The van der Waals surface area contributed by atoms with Gasteiger partial charge >= 0.3 is 0 Å². The molecule has 1 aliphatic rings. The third-order valence-corrected chi connectivity index (χ3v) is 4.29. The Balaban J connectivity index is 2.16. The molecule has 2 rings (SSSR count). The number of hydrogen-bond donors (Lipinski definition) is 1. The first-order chi connectivity index (χ1) is 6.88. The minimum Gasteiger partial charge on any atom is -0.309 e. The molecule has 0 aromatic heterocycles. The van der Waals surface area contributed by atoms with Crippen LogP contribution in [0.4, 0.5) is 0 Å². The Morgan fingerprint density at radius 2 is 2.21 bits per heavy atom. The van der Waals surface area contributed by atoms with Crippen molar-refractivity contribution < 1.29 is 0 Å². The average Bonchev–Trinajstić information content (AvgIpc) is 2.47. The maximum absolute atomic E-state index is 3.61. The highest BCUT2D eigenvalue weighted by molar-refractivity contribution is 9.10. The summed E-state index contributed by atoms with van der Waals surface area (Å²) in [4.78, 5) is 0. The molecule has 1 saturated heterocycles. The van der Waals surface area contributed by atoms with Crippen molar-refractivity contribution in [1.29, 1.82) is 0 Å². The lowest BCUT2D eigenvalue weighted by Crippen LogP contribution is -2.22. The van der Waals surface area contributed by atoms with E-state index in [1.54, 1.807) is 0 Å². The van der Waals surface area contributed by atoms with E-state index in [1.165, 1.54) is 28.0 Å². The van der Waals surface area contributed by atoms with Gasteiger partial charge in [-0.05, 0) is 30.3 Å². The first-order valence-corrected chi connectivity index (χ1v) is 6.88. The molecular weight excluding hydrogens is 258 g/mol. The quantitative estimate of drug-likeness (QED) is 0.842. The zero-order valence-electron chi connectivity index (χ0n) is 8.00. The lowest BCUT2D eigenvalue weighted by Gasteiger charge is -2.17. The number of halogens is 1. The molecule has 0 saturated carbocycles. The Morgan fingerprint density at radius 3 is 3.07 bits per heavy atom. The number of rotatable bonds is 1. The molecule has 1 atom stereocenters. The van der Waals surface area contributed by atoms with Gasteiger partial charge in [0.05, 0.1) is 0 Å². The van der Waals surface area contributed by atoms with E-state index >= 15 is 0 Å². The smallest absolute Gasteiger partial charge is 0.0423 e. The summed E-state index contributed by atoms with van der Waals surface area (Å²) in [5, 5.41) is 3.59. The van der Waals surface area contributed by atoms with Crippen LogP contribution in [0.25, 0.3) is 0 Å². The Labute approximate surface area is 97.8 Å². The summed E-state index contributed by atoms with van der Waals surface area (Å²) in [7, 11) is 0. The van der Waals surface area contributed by atoms with E-state index in [0.29, 0.717) is 6.04 Å². The second-order valence-corrected chi connectivity index (χ2v) is 5.46. The summed E-state index contributed by atoms with van der Waals surface area (Å²) in [5.41, 5.74) is 1.39. The SMILES string of the molecule is Brc1ccccc1C1CSCCCN1. The van der Waals surface area contributed by atoms with E-state index in [4.69, 9.17) is 0 Å². The molecule has 1 unspecified atom stereocenters. The molecule has 14 heavy (non-hydrogen) atoms. The number of thioether (sulfide) groups is 1. The van der Waals surface area contributed by atoms with Crippen LogP contribution in [-0.2, 0) is 0 Å². The van der Waals surface area contributed by atoms with Gasteiger partial charge in [-0.1, -0.05) is 34.1 Å². The maximum atomic E-state index is 3.61. The Morgan fingerprint density at radius 1 is 1.36 bits per heavy atom.